The second-order valence-electron chi connectivity index (χ2n) is 13.2. The van der Waals surface area contributed by atoms with Crippen LogP contribution in [0.1, 0.15) is 99.9 Å². The summed E-state index contributed by atoms with van der Waals surface area (Å²) >= 11 is 0. The minimum Gasteiger partial charge on any atom is -0.0613 e. The van der Waals surface area contributed by atoms with Gasteiger partial charge in [0.2, 0.25) is 0 Å². The van der Waals surface area contributed by atoms with Gasteiger partial charge in [0.05, 0.1) is 0 Å². The van der Waals surface area contributed by atoms with E-state index in [1.165, 1.54) is 65.3 Å². The van der Waals surface area contributed by atoms with Crippen molar-refractivity contribution in [3.05, 3.63) is 80.9 Å². The van der Waals surface area contributed by atoms with Crippen LogP contribution in [0.2, 0.25) is 0 Å². The molecule has 0 fully saturated rings. The van der Waals surface area contributed by atoms with Crippen LogP contribution in [0.15, 0.2) is 36.4 Å². The van der Waals surface area contributed by atoms with Crippen LogP contribution < -0.4 is 0 Å². The Labute approximate surface area is 262 Å². The zero-order chi connectivity index (χ0) is 30.6. The van der Waals surface area contributed by atoms with E-state index >= 15 is 0 Å². The van der Waals surface area contributed by atoms with Gasteiger partial charge in [-0.25, -0.2) is 0 Å². The Balaban J connectivity index is 1.82. The van der Waals surface area contributed by atoms with E-state index in [0.29, 0.717) is 0 Å². The van der Waals surface area contributed by atoms with Gasteiger partial charge in [0.15, 0.2) is 0 Å². The van der Waals surface area contributed by atoms with Gasteiger partial charge in [-0.3, -0.25) is 0 Å². The van der Waals surface area contributed by atoms with Crippen LogP contribution in [0.5, 0.6) is 0 Å². The summed E-state index contributed by atoms with van der Waals surface area (Å²) in [7, 11) is 0. The zero-order valence-electron chi connectivity index (χ0n) is 28.1. The second kappa shape index (κ2) is 9.93. The highest BCUT2D eigenvalue weighted by molar-refractivity contribution is 6.52. The molecule has 8 aromatic rings. The molecule has 0 atom stereocenters. The van der Waals surface area contributed by atoms with Gasteiger partial charge in [0.25, 0.3) is 0 Å². The molecule has 0 nitrogen and oxygen atoms in total. The molecule has 0 aromatic heterocycles. The topological polar surface area (TPSA) is 0 Å². The standard InChI is InChI=1S/C44H46/c1-9-23-19-33-31-17-18-32-34-20-24(10-2)26(12-4)22-36(34)39-30(16-8)28(14-6)37-27(13-5)29(15-7)38(35(33)21-25(23)11-3)42-40(31)41(32)43(39)44(37)42/h17-22H,9-16H2,1-8H3. The first-order valence-electron chi connectivity index (χ1n) is 17.7. The van der Waals surface area contributed by atoms with Gasteiger partial charge < -0.3 is 0 Å². The smallest absolute Gasteiger partial charge is 0.000432 e. The molecule has 0 heterocycles. The first-order chi connectivity index (χ1) is 21.5. The average Bonchev–Trinajstić information content (AvgIpc) is 3.42. The molecule has 8 rings (SSSR count). The van der Waals surface area contributed by atoms with Gasteiger partial charge in [0.1, 0.15) is 0 Å². The van der Waals surface area contributed by atoms with E-state index in [0.717, 1.165) is 51.4 Å². The average molecular weight is 575 g/mol. The molecule has 0 N–H and O–H groups in total. The van der Waals surface area contributed by atoms with E-state index in [1.807, 2.05) is 0 Å². The largest absolute Gasteiger partial charge is 0.0613 e. The zero-order valence-corrected chi connectivity index (χ0v) is 28.1. The van der Waals surface area contributed by atoms with Crippen molar-refractivity contribution in [2.75, 3.05) is 0 Å². The molecule has 0 aliphatic heterocycles. The van der Waals surface area contributed by atoms with Crippen molar-refractivity contribution in [1.82, 2.24) is 0 Å². The number of rotatable bonds is 8. The normalized spacial score (nSPS) is 12.8. The Bertz CT molecular complexity index is 2230. The van der Waals surface area contributed by atoms with E-state index in [1.54, 1.807) is 54.6 Å². The molecule has 0 aliphatic rings. The summed E-state index contributed by atoms with van der Waals surface area (Å²) in [5.74, 6) is 0. The molecule has 44 heavy (non-hydrogen) atoms. The lowest BCUT2D eigenvalue weighted by Gasteiger charge is -2.23. The summed E-state index contributed by atoms with van der Waals surface area (Å²) in [6, 6.07) is 15.3. The molecule has 0 aliphatic carbocycles. The van der Waals surface area contributed by atoms with Gasteiger partial charge >= 0.3 is 0 Å². The first kappa shape index (κ1) is 27.9. The Morgan fingerprint density at radius 3 is 0.886 bits per heavy atom. The fraction of sp³-hybridized carbons (Fsp3) is 0.364. The van der Waals surface area contributed by atoms with E-state index < -0.39 is 0 Å². The van der Waals surface area contributed by atoms with Crippen molar-refractivity contribution in [1.29, 1.82) is 0 Å². The van der Waals surface area contributed by atoms with Crippen molar-refractivity contribution in [3.8, 4) is 0 Å². The van der Waals surface area contributed by atoms with Crippen molar-refractivity contribution in [2.45, 2.75) is 107 Å². The van der Waals surface area contributed by atoms with E-state index in [2.05, 4.69) is 91.8 Å². The lowest BCUT2D eigenvalue weighted by Crippen LogP contribution is -2.03. The SMILES string of the molecule is CCc1cc2c(cc1CC)c1c(CC)c(CC)c3c(CC)c(CC)c4c5cc(CC)c(CC)cc5c5ccc2c2c5c4c3c12. The maximum Gasteiger partial charge on any atom is -0.000432 e. The van der Waals surface area contributed by atoms with Gasteiger partial charge in [-0.15, -0.1) is 0 Å². The number of hydrogen-bond acceptors (Lipinski definition) is 0. The van der Waals surface area contributed by atoms with Crippen LogP contribution in [-0.4, -0.2) is 0 Å². The summed E-state index contributed by atoms with van der Waals surface area (Å²) in [5, 5.41) is 21.3. The predicted octanol–water partition coefficient (Wildman–Crippen LogP) is 12.6. The van der Waals surface area contributed by atoms with Crippen LogP contribution >= 0.6 is 0 Å². The number of fused-ring (bicyclic) bond motifs is 6. The van der Waals surface area contributed by atoms with Crippen molar-refractivity contribution in [3.63, 3.8) is 0 Å². The summed E-state index contributed by atoms with van der Waals surface area (Å²) in [4.78, 5) is 0. The maximum atomic E-state index is 2.59. The Kier molecular flexibility index (Phi) is 6.29. The maximum absolute atomic E-state index is 2.59. The highest BCUT2D eigenvalue weighted by atomic mass is 14.3. The van der Waals surface area contributed by atoms with E-state index in [4.69, 9.17) is 0 Å². The highest BCUT2D eigenvalue weighted by Crippen LogP contribution is 2.56. The number of aryl methyl sites for hydroxylation is 8. The van der Waals surface area contributed by atoms with Gasteiger partial charge in [0, 0.05) is 0 Å². The van der Waals surface area contributed by atoms with Crippen molar-refractivity contribution >= 4 is 75.4 Å². The summed E-state index contributed by atoms with van der Waals surface area (Å²) in [5.41, 5.74) is 12.5. The molecule has 0 unspecified atom stereocenters. The lowest BCUT2D eigenvalue weighted by atomic mass is 9.80. The molecule has 0 heteroatoms. The second-order valence-corrected chi connectivity index (χ2v) is 13.2. The molecular weight excluding hydrogens is 528 g/mol. The third-order valence-electron chi connectivity index (χ3n) is 11.6. The van der Waals surface area contributed by atoms with Crippen molar-refractivity contribution in [2.24, 2.45) is 0 Å². The Morgan fingerprint density at radius 1 is 0.273 bits per heavy atom. The fourth-order valence-electron chi connectivity index (χ4n) is 9.79. The van der Waals surface area contributed by atoms with Crippen LogP contribution in [0.3, 0.4) is 0 Å². The van der Waals surface area contributed by atoms with Crippen LogP contribution in [0, 0.1) is 0 Å². The predicted molar refractivity (Wildman–Crippen MR) is 198 cm³/mol. The third-order valence-corrected chi connectivity index (χ3v) is 11.6. The molecule has 0 saturated carbocycles. The Hall–Kier alpha value is -3.64. The van der Waals surface area contributed by atoms with Gasteiger partial charge in [-0.1, -0.05) is 91.8 Å². The van der Waals surface area contributed by atoms with Crippen molar-refractivity contribution < 1.29 is 0 Å². The number of benzene rings is 7. The van der Waals surface area contributed by atoms with Gasteiger partial charge in [-0.2, -0.15) is 0 Å². The minimum atomic E-state index is 1.07. The summed E-state index contributed by atoms with van der Waals surface area (Å²) in [6.45, 7) is 18.9. The quantitative estimate of drug-likeness (QED) is 0.158. The highest BCUT2D eigenvalue weighted by Gasteiger charge is 2.30. The number of hydrogen-bond donors (Lipinski definition) is 0. The molecule has 8 aromatic carbocycles. The molecule has 0 spiro atoms. The summed E-state index contributed by atoms with van der Waals surface area (Å²) < 4.78 is 0. The molecule has 0 bridgehead atoms. The monoisotopic (exact) mass is 574 g/mol. The first-order valence-corrected chi connectivity index (χ1v) is 17.7. The molecule has 0 saturated heterocycles. The minimum absolute atomic E-state index is 1.07. The molecular formula is C44H46. The third kappa shape index (κ3) is 3.20. The summed E-state index contributed by atoms with van der Waals surface area (Å²) in [6.07, 6.45) is 8.65. The van der Waals surface area contributed by atoms with Gasteiger partial charge in [-0.05, 0) is 171 Å². The van der Waals surface area contributed by atoms with E-state index in [-0.39, 0.29) is 0 Å². The van der Waals surface area contributed by atoms with Crippen LogP contribution in [0.4, 0.5) is 0 Å². The molecule has 0 radical (unpaired) electrons. The van der Waals surface area contributed by atoms with Crippen LogP contribution in [0.25, 0.3) is 75.4 Å². The van der Waals surface area contributed by atoms with E-state index in [9.17, 15) is 0 Å². The molecule has 222 valence electrons. The lowest BCUT2D eigenvalue weighted by molar-refractivity contribution is 1.04. The Morgan fingerprint density at radius 2 is 0.568 bits per heavy atom. The van der Waals surface area contributed by atoms with Crippen LogP contribution in [-0.2, 0) is 51.4 Å². The fourth-order valence-corrected chi connectivity index (χ4v) is 9.79. The molecule has 0 amide bonds.